The van der Waals surface area contributed by atoms with Gasteiger partial charge in [0, 0.05) is 38.1 Å². The van der Waals surface area contributed by atoms with E-state index in [4.69, 9.17) is 4.74 Å². The van der Waals surface area contributed by atoms with E-state index >= 15 is 0 Å². The molecule has 0 atom stereocenters. The standard InChI is InChI=1S/C20H25N3O4S2/c1-16(24)18-5-3-4-6-19(18)27-13-14-28-20-8-7-17(15-21-20)29(25,26)23-11-9-22(2)10-12-23/h3-8,15H,9-14H2,1-2H3. The number of piperazine rings is 1. The van der Waals surface area contributed by atoms with Gasteiger partial charge in [-0.15, -0.1) is 11.8 Å². The van der Waals surface area contributed by atoms with Crippen LogP contribution in [0.25, 0.3) is 0 Å². The van der Waals surface area contributed by atoms with Crippen molar-refractivity contribution in [3.8, 4) is 5.75 Å². The summed E-state index contributed by atoms with van der Waals surface area (Å²) in [6.45, 7) is 4.38. The predicted octanol–water partition coefficient (Wildman–Crippen LogP) is 2.39. The Hall–Kier alpha value is -1.94. The van der Waals surface area contributed by atoms with Crippen LogP contribution in [0.1, 0.15) is 17.3 Å². The fourth-order valence-corrected chi connectivity index (χ4v) is 5.00. The first-order chi connectivity index (χ1) is 13.9. The molecule has 0 spiro atoms. The van der Waals surface area contributed by atoms with E-state index in [1.807, 2.05) is 13.1 Å². The normalized spacial score (nSPS) is 15.9. The number of rotatable bonds is 8. The SMILES string of the molecule is CC(=O)c1ccccc1OCCSc1ccc(S(=O)(=O)N2CCN(C)CC2)cn1. The van der Waals surface area contributed by atoms with Crippen LogP contribution in [-0.2, 0) is 10.0 Å². The van der Waals surface area contributed by atoms with Crippen LogP contribution in [0.15, 0.2) is 52.5 Å². The number of para-hydroxylation sites is 1. The van der Waals surface area contributed by atoms with Crippen molar-refractivity contribution in [2.45, 2.75) is 16.8 Å². The number of carbonyl (C=O) groups is 1. The van der Waals surface area contributed by atoms with E-state index in [1.165, 1.54) is 29.2 Å². The third-order valence-electron chi connectivity index (χ3n) is 4.67. The lowest BCUT2D eigenvalue weighted by Crippen LogP contribution is -2.47. The van der Waals surface area contributed by atoms with Crippen LogP contribution >= 0.6 is 11.8 Å². The van der Waals surface area contributed by atoms with Crippen LogP contribution in [0.2, 0.25) is 0 Å². The van der Waals surface area contributed by atoms with Gasteiger partial charge in [-0.2, -0.15) is 4.31 Å². The molecule has 3 rings (SSSR count). The number of benzene rings is 1. The Balaban J connectivity index is 1.53. The van der Waals surface area contributed by atoms with E-state index in [0.29, 0.717) is 36.8 Å². The van der Waals surface area contributed by atoms with Gasteiger partial charge in [-0.05, 0) is 38.2 Å². The minimum Gasteiger partial charge on any atom is -0.492 e. The topological polar surface area (TPSA) is 79.8 Å². The van der Waals surface area contributed by atoms with Gasteiger partial charge in [0.1, 0.15) is 10.6 Å². The molecule has 0 amide bonds. The quantitative estimate of drug-likeness (QED) is 0.358. The highest BCUT2D eigenvalue weighted by molar-refractivity contribution is 7.99. The molecule has 1 saturated heterocycles. The summed E-state index contributed by atoms with van der Waals surface area (Å²) in [5, 5.41) is 0.728. The Labute approximate surface area is 176 Å². The molecule has 1 fully saturated rings. The smallest absolute Gasteiger partial charge is 0.244 e. The summed E-state index contributed by atoms with van der Waals surface area (Å²) in [4.78, 5) is 18.2. The molecule has 1 aromatic heterocycles. The fraction of sp³-hybridized carbons (Fsp3) is 0.400. The number of aromatic nitrogens is 1. The number of nitrogens with zero attached hydrogens (tertiary/aromatic N) is 3. The predicted molar refractivity (Wildman–Crippen MR) is 113 cm³/mol. The number of pyridine rings is 1. The van der Waals surface area contributed by atoms with E-state index in [2.05, 4.69) is 9.88 Å². The number of sulfonamides is 1. The van der Waals surface area contributed by atoms with Crippen LogP contribution in [0.4, 0.5) is 0 Å². The first kappa shape index (κ1) is 21.8. The first-order valence-corrected chi connectivity index (χ1v) is 11.8. The maximum Gasteiger partial charge on any atom is 0.244 e. The Kier molecular flexibility index (Phi) is 7.28. The van der Waals surface area contributed by atoms with Gasteiger partial charge in [0.05, 0.1) is 17.2 Å². The zero-order valence-electron chi connectivity index (χ0n) is 16.6. The van der Waals surface area contributed by atoms with Gasteiger partial charge >= 0.3 is 0 Å². The maximum atomic E-state index is 12.7. The number of ether oxygens (including phenoxy) is 1. The van der Waals surface area contributed by atoms with Crippen molar-refractivity contribution in [1.82, 2.24) is 14.2 Å². The Morgan fingerprint density at radius 1 is 1.14 bits per heavy atom. The molecular weight excluding hydrogens is 410 g/mol. The summed E-state index contributed by atoms with van der Waals surface area (Å²) in [5.74, 6) is 1.17. The van der Waals surface area contributed by atoms with E-state index < -0.39 is 10.0 Å². The molecule has 0 saturated carbocycles. The van der Waals surface area contributed by atoms with Crippen molar-refractivity contribution in [2.24, 2.45) is 0 Å². The summed E-state index contributed by atoms with van der Waals surface area (Å²) in [6, 6.07) is 10.5. The number of Topliss-reactive ketones (excluding diaryl/α,β-unsaturated/α-hetero) is 1. The Morgan fingerprint density at radius 2 is 1.86 bits per heavy atom. The minimum absolute atomic E-state index is 0.0351. The molecule has 0 aliphatic carbocycles. The molecular formula is C20H25N3O4S2. The van der Waals surface area contributed by atoms with Crippen LogP contribution in [-0.4, -0.2) is 74.0 Å². The number of thioether (sulfide) groups is 1. The van der Waals surface area contributed by atoms with E-state index in [1.54, 1.807) is 30.3 Å². The summed E-state index contributed by atoms with van der Waals surface area (Å²) in [6.07, 6.45) is 1.42. The summed E-state index contributed by atoms with van der Waals surface area (Å²) < 4.78 is 32.7. The summed E-state index contributed by atoms with van der Waals surface area (Å²) in [7, 11) is -1.51. The van der Waals surface area contributed by atoms with Crippen molar-refractivity contribution in [3.63, 3.8) is 0 Å². The molecule has 0 unspecified atom stereocenters. The van der Waals surface area contributed by atoms with Crippen LogP contribution in [0.5, 0.6) is 5.75 Å². The molecule has 1 aromatic carbocycles. The van der Waals surface area contributed by atoms with E-state index in [-0.39, 0.29) is 10.7 Å². The van der Waals surface area contributed by atoms with E-state index in [9.17, 15) is 13.2 Å². The van der Waals surface area contributed by atoms with Gasteiger partial charge in [-0.3, -0.25) is 4.79 Å². The largest absolute Gasteiger partial charge is 0.492 e. The average Bonchev–Trinajstić information content (AvgIpc) is 2.72. The highest BCUT2D eigenvalue weighted by Gasteiger charge is 2.27. The van der Waals surface area contributed by atoms with Crippen molar-refractivity contribution in [3.05, 3.63) is 48.2 Å². The zero-order chi connectivity index (χ0) is 20.9. The number of carbonyl (C=O) groups excluding carboxylic acids is 1. The highest BCUT2D eigenvalue weighted by atomic mass is 32.2. The molecule has 0 bridgehead atoms. The van der Waals surface area contributed by atoms with Gasteiger partial charge in [0.15, 0.2) is 5.78 Å². The van der Waals surface area contributed by atoms with Gasteiger partial charge in [0.25, 0.3) is 0 Å². The molecule has 7 nitrogen and oxygen atoms in total. The maximum absolute atomic E-state index is 12.7. The summed E-state index contributed by atoms with van der Waals surface area (Å²) in [5.41, 5.74) is 0.564. The molecule has 2 aromatic rings. The number of likely N-dealkylation sites (N-methyl/N-ethyl adjacent to an activating group) is 1. The second-order valence-electron chi connectivity index (χ2n) is 6.79. The monoisotopic (exact) mass is 435 g/mol. The second-order valence-corrected chi connectivity index (χ2v) is 9.84. The Bertz CT molecular complexity index is 940. The average molecular weight is 436 g/mol. The molecule has 9 heteroatoms. The minimum atomic E-state index is -3.50. The van der Waals surface area contributed by atoms with Gasteiger partial charge in [-0.1, -0.05) is 12.1 Å². The number of ketones is 1. The number of hydrogen-bond acceptors (Lipinski definition) is 7. The lowest BCUT2D eigenvalue weighted by molar-refractivity contribution is 0.101. The van der Waals surface area contributed by atoms with Gasteiger partial charge in [0.2, 0.25) is 10.0 Å². The lowest BCUT2D eigenvalue weighted by atomic mass is 10.1. The van der Waals surface area contributed by atoms with Crippen molar-refractivity contribution >= 4 is 27.6 Å². The van der Waals surface area contributed by atoms with Crippen molar-refractivity contribution in [2.75, 3.05) is 45.6 Å². The molecule has 2 heterocycles. The van der Waals surface area contributed by atoms with Crippen LogP contribution < -0.4 is 4.74 Å². The highest BCUT2D eigenvalue weighted by Crippen LogP contribution is 2.22. The first-order valence-electron chi connectivity index (χ1n) is 9.38. The number of hydrogen-bond donors (Lipinski definition) is 0. The fourth-order valence-electron chi connectivity index (χ4n) is 2.96. The van der Waals surface area contributed by atoms with Crippen molar-refractivity contribution in [1.29, 1.82) is 0 Å². The lowest BCUT2D eigenvalue weighted by Gasteiger charge is -2.31. The van der Waals surface area contributed by atoms with Crippen molar-refractivity contribution < 1.29 is 17.9 Å². The molecule has 29 heavy (non-hydrogen) atoms. The molecule has 0 N–H and O–H groups in total. The van der Waals surface area contributed by atoms with Gasteiger partial charge < -0.3 is 9.64 Å². The third-order valence-corrected chi connectivity index (χ3v) is 7.46. The van der Waals surface area contributed by atoms with Crippen LogP contribution in [0, 0.1) is 0 Å². The second kappa shape index (κ2) is 9.71. The Morgan fingerprint density at radius 3 is 2.52 bits per heavy atom. The molecule has 0 radical (unpaired) electrons. The summed E-state index contributed by atoms with van der Waals surface area (Å²) >= 11 is 1.47. The zero-order valence-corrected chi connectivity index (χ0v) is 18.2. The molecule has 156 valence electrons. The molecule has 1 aliphatic rings. The third kappa shape index (κ3) is 5.57. The van der Waals surface area contributed by atoms with E-state index in [0.717, 1.165) is 18.1 Å². The van der Waals surface area contributed by atoms with Gasteiger partial charge in [-0.25, -0.2) is 13.4 Å². The van der Waals surface area contributed by atoms with Crippen LogP contribution in [0.3, 0.4) is 0 Å². The molecule has 1 aliphatic heterocycles.